The van der Waals surface area contributed by atoms with Crippen LogP contribution >= 0.6 is 34.8 Å². The van der Waals surface area contributed by atoms with Gasteiger partial charge in [-0.25, -0.2) is 0 Å². The Bertz CT molecular complexity index is 370. The topological polar surface area (TPSA) is 80.9 Å². The Hall–Kier alpha value is 0.320. The predicted octanol–water partition coefficient (Wildman–Crippen LogP) is -1.79. The van der Waals surface area contributed by atoms with E-state index in [2.05, 4.69) is 0 Å². The summed E-state index contributed by atoms with van der Waals surface area (Å²) >= 11 is 16.6. The summed E-state index contributed by atoms with van der Waals surface area (Å²) in [6.45, 7) is 0.0720. The van der Waals surface area contributed by atoms with Crippen molar-refractivity contribution >= 4 is 40.8 Å². The normalized spacial score (nSPS) is 9.94. The SMILES string of the molecule is O.O=C([O-])C(Cl)(Cl)CCOc1ccc(Cl)cc1.[Na+]. The Morgan fingerprint density at radius 2 is 1.78 bits per heavy atom. The molecule has 1 aromatic rings. The number of carboxylic acids is 1. The van der Waals surface area contributed by atoms with Gasteiger partial charge in [0.1, 0.15) is 5.75 Å². The van der Waals surface area contributed by atoms with Crippen LogP contribution in [0.15, 0.2) is 24.3 Å². The summed E-state index contributed by atoms with van der Waals surface area (Å²) < 4.78 is 3.30. The van der Waals surface area contributed by atoms with E-state index in [0.717, 1.165) is 0 Å². The summed E-state index contributed by atoms with van der Waals surface area (Å²) in [6, 6.07) is 6.63. The number of carbonyl (C=O) groups excluding carboxylic acids is 1. The Morgan fingerprint density at radius 1 is 1.28 bits per heavy atom. The average Bonchev–Trinajstić information content (AvgIpc) is 2.20. The van der Waals surface area contributed by atoms with E-state index in [1.165, 1.54) is 0 Å². The van der Waals surface area contributed by atoms with Crippen molar-refractivity contribution in [3.63, 3.8) is 0 Å². The molecule has 2 N–H and O–H groups in total. The molecule has 18 heavy (non-hydrogen) atoms. The van der Waals surface area contributed by atoms with E-state index < -0.39 is 10.3 Å². The minimum absolute atomic E-state index is 0. The quantitative estimate of drug-likeness (QED) is 0.474. The van der Waals surface area contributed by atoms with Crippen LogP contribution in [0.5, 0.6) is 5.75 Å². The summed E-state index contributed by atoms with van der Waals surface area (Å²) in [5.74, 6) is -0.970. The van der Waals surface area contributed by atoms with E-state index in [1.54, 1.807) is 24.3 Å². The second-order valence-corrected chi connectivity index (χ2v) is 4.96. The zero-order valence-electron chi connectivity index (χ0n) is 9.58. The van der Waals surface area contributed by atoms with E-state index in [1.807, 2.05) is 0 Å². The number of rotatable bonds is 5. The molecular weight excluding hydrogens is 313 g/mol. The Kier molecular flexibility index (Phi) is 10.6. The molecule has 0 saturated heterocycles. The van der Waals surface area contributed by atoms with Crippen LogP contribution in [0, 0.1) is 0 Å². The molecule has 8 heteroatoms. The molecule has 0 bridgehead atoms. The maximum Gasteiger partial charge on any atom is 1.00 e. The molecule has 96 valence electrons. The van der Waals surface area contributed by atoms with Gasteiger partial charge in [0, 0.05) is 11.4 Å². The molecule has 4 nitrogen and oxygen atoms in total. The molecule has 0 aliphatic heterocycles. The Labute approximate surface area is 142 Å². The molecule has 0 spiro atoms. The zero-order chi connectivity index (χ0) is 12.2. The minimum atomic E-state index is -1.92. The first-order chi connectivity index (χ1) is 7.42. The monoisotopic (exact) mass is 322 g/mol. The van der Waals surface area contributed by atoms with Gasteiger partial charge < -0.3 is 20.1 Å². The third kappa shape index (κ3) is 7.04. The largest absolute Gasteiger partial charge is 1.00 e. The smallest absolute Gasteiger partial charge is 0.547 e. The molecule has 0 atom stereocenters. The van der Waals surface area contributed by atoms with Crippen molar-refractivity contribution in [2.24, 2.45) is 0 Å². The maximum absolute atomic E-state index is 10.5. The number of halogens is 3. The van der Waals surface area contributed by atoms with Crippen LogP contribution in [0.25, 0.3) is 0 Å². The number of alkyl halides is 2. The summed E-state index contributed by atoms with van der Waals surface area (Å²) in [4.78, 5) is 10.5. The Morgan fingerprint density at radius 3 is 2.22 bits per heavy atom. The van der Waals surface area contributed by atoms with E-state index in [-0.39, 0.29) is 48.1 Å². The van der Waals surface area contributed by atoms with E-state index in [4.69, 9.17) is 39.5 Å². The van der Waals surface area contributed by atoms with Gasteiger partial charge in [-0.2, -0.15) is 0 Å². The maximum atomic E-state index is 10.5. The molecule has 0 amide bonds. The second-order valence-electron chi connectivity index (χ2n) is 3.04. The summed E-state index contributed by atoms with van der Waals surface area (Å²) in [6.07, 6.45) is -0.0684. The molecule has 0 saturated carbocycles. The van der Waals surface area contributed by atoms with Crippen molar-refractivity contribution in [1.82, 2.24) is 0 Å². The molecular formula is C10H10Cl3NaO4. The molecule has 0 radical (unpaired) electrons. The molecule has 0 unspecified atom stereocenters. The van der Waals surface area contributed by atoms with Gasteiger partial charge in [0.25, 0.3) is 0 Å². The van der Waals surface area contributed by atoms with Crippen molar-refractivity contribution in [2.45, 2.75) is 10.8 Å². The number of carbonyl (C=O) groups is 1. The van der Waals surface area contributed by atoms with Crippen LogP contribution in [0.2, 0.25) is 5.02 Å². The fraction of sp³-hybridized carbons (Fsp3) is 0.300. The molecule has 0 fully saturated rings. The molecule has 0 aliphatic rings. The first-order valence-corrected chi connectivity index (χ1v) is 5.53. The first-order valence-electron chi connectivity index (χ1n) is 4.39. The molecule has 0 heterocycles. The fourth-order valence-electron chi connectivity index (χ4n) is 0.930. The fourth-order valence-corrected chi connectivity index (χ4v) is 1.21. The number of benzene rings is 1. The van der Waals surface area contributed by atoms with Crippen molar-refractivity contribution in [2.75, 3.05) is 6.61 Å². The third-order valence-electron chi connectivity index (χ3n) is 1.80. The second kappa shape index (κ2) is 9.26. The number of aliphatic carboxylic acids is 1. The Balaban J connectivity index is 0. The van der Waals surface area contributed by atoms with Crippen molar-refractivity contribution < 1.29 is 49.7 Å². The first kappa shape index (κ1) is 20.6. The van der Waals surface area contributed by atoms with Crippen LogP contribution in [0.1, 0.15) is 6.42 Å². The van der Waals surface area contributed by atoms with Crippen molar-refractivity contribution in [1.29, 1.82) is 0 Å². The predicted molar refractivity (Wildman–Crippen MR) is 64.6 cm³/mol. The number of hydrogen-bond acceptors (Lipinski definition) is 3. The number of hydrogen-bond donors (Lipinski definition) is 0. The standard InChI is InChI=1S/C10H9Cl3O3.Na.H2O/c11-7-1-3-8(4-2-7)16-6-5-10(12,13)9(14)15;;/h1-4H,5-6H2,(H,14,15);;1H2/q;+1;/p-1. The number of ether oxygens (including phenoxy) is 1. The summed E-state index contributed by atoms with van der Waals surface area (Å²) in [5.41, 5.74) is 0. The van der Waals surface area contributed by atoms with E-state index in [0.29, 0.717) is 10.8 Å². The van der Waals surface area contributed by atoms with E-state index >= 15 is 0 Å². The molecule has 0 aliphatic carbocycles. The zero-order valence-corrected chi connectivity index (χ0v) is 13.9. The van der Waals surface area contributed by atoms with Gasteiger partial charge >= 0.3 is 29.6 Å². The van der Waals surface area contributed by atoms with Gasteiger partial charge in [0.15, 0.2) is 4.33 Å². The van der Waals surface area contributed by atoms with Crippen molar-refractivity contribution in [3.8, 4) is 5.75 Å². The summed E-state index contributed by atoms with van der Waals surface area (Å²) in [5, 5.41) is 11.0. The van der Waals surface area contributed by atoms with Gasteiger partial charge in [0.05, 0.1) is 12.6 Å². The van der Waals surface area contributed by atoms with E-state index in [9.17, 15) is 9.90 Å². The van der Waals surface area contributed by atoms with Crippen LogP contribution in [-0.4, -0.2) is 22.4 Å². The van der Waals surface area contributed by atoms with Gasteiger partial charge in [-0.1, -0.05) is 34.8 Å². The average molecular weight is 324 g/mol. The molecule has 1 aromatic carbocycles. The number of carboxylic acid groups (broad SMARTS) is 1. The minimum Gasteiger partial charge on any atom is -0.547 e. The third-order valence-corrected chi connectivity index (χ3v) is 2.74. The van der Waals surface area contributed by atoms with Crippen LogP contribution < -0.4 is 39.4 Å². The van der Waals surface area contributed by atoms with Gasteiger partial charge in [-0.15, -0.1) is 0 Å². The van der Waals surface area contributed by atoms with Gasteiger partial charge in [-0.3, -0.25) is 0 Å². The summed E-state index contributed by atoms with van der Waals surface area (Å²) in [7, 11) is 0. The molecule has 0 aromatic heterocycles. The van der Waals surface area contributed by atoms with Gasteiger partial charge in [-0.05, 0) is 24.3 Å². The van der Waals surface area contributed by atoms with Crippen molar-refractivity contribution in [3.05, 3.63) is 29.3 Å². The van der Waals surface area contributed by atoms with Crippen LogP contribution in [-0.2, 0) is 4.79 Å². The molecule has 1 rings (SSSR count). The van der Waals surface area contributed by atoms with Crippen LogP contribution in [0.4, 0.5) is 0 Å². The van der Waals surface area contributed by atoms with Crippen LogP contribution in [0.3, 0.4) is 0 Å². The van der Waals surface area contributed by atoms with Gasteiger partial charge in [0.2, 0.25) is 0 Å².